The van der Waals surface area contributed by atoms with Gasteiger partial charge in [-0.25, -0.2) is 8.42 Å². The first-order chi connectivity index (χ1) is 12.1. The monoisotopic (exact) mass is 394 g/mol. The first kappa shape index (κ1) is 20.3. The maximum absolute atomic E-state index is 12.4. The molecular formula is C19H23ClN2O3S. The predicted octanol–water partition coefficient (Wildman–Crippen LogP) is 4.18. The van der Waals surface area contributed by atoms with Crippen LogP contribution in [0.3, 0.4) is 0 Å². The van der Waals surface area contributed by atoms with E-state index in [0.29, 0.717) is 27.9 Å². The topological polar surface area (TPSA) is 66.5 Å². The van der Waals surface area contributed by atoms with Crippen LogP contribution in [0.15, 0.2) is 42.5 Å². The van der Waals surface area contributed by atoms with Crippen molar-refractivity contribution in [1.29, 1.82) is 0 Å². The van der Waals surface area contributed by atoms with Gasteiger partial charge in [0.25, 0.3) is 0 Å². The Balaban J connectivity index is 2.21. The lowest BCUT2D eigenvalue weighted by atomic mass is 10.0. The van der Waals surface area contributed by atoms with Gasteiger partial charge >= 0.3 is 0 Å². The zero-order valence-corrected chi connectivity index (χ0v) is 16.9. The molecule has 0 saturated heterocycles. The lowest BCUT2D eigenvalue weighted by Gasteiger charge is -2.24. The van der Waals surface area contributed by atoms with Crippen LogP contribution in [-0.2, 0) is 14.8 Å². The third-order valence-corrected chi connectivity index (χ3v) is 5.35. The van der Waals surface area contributed by atoms with Crippen LogP contribution >= 0.6 is 11.6 Å². The molecule has 0 saturated carbocycles. The number of sulfonamides is 1. The van der Waals surface area contributed by atoms with E-state index in [2.05, 4.69) is 19.2 Å². The minimum atomic E-state index is -3.65. The number of benzene rings is 2. The summed E-state index contributed by atoms with van der Waals surface area (Å²) in [6, 6.07) is 12.4. The van der Waals surface area contributed by atoms with E-state index in [9.17, 15) is 13.2 Å². The number of aryl methyl sites for hydroxylation is 1. The number of rotatable bonds is 6. The van der Waals surface area contributed by atoms with Crippen molar-refractivity contribution in [3.8, 4) is 0 Å². The summed E-state index contributed by atoms with van der Waals surface area (Å²) >= 11 is 6.00. The van der Waals surface area contributed by atoms with Crippen molar-refractivity contribution in [3.05, 3.63) is 58.6 Å². The van der Waals surface area contributed by atoms with Crippen LogP contribution in [0.2, 0.25) is 5.02 Å². The minimum absolute atomic E-state index is 0.327. The van der Waals surface area contributed by atoms with Crippen molar-refractivity contribution in [2.45, 2.75) is 26.7 Å². The van der Waals surface area contributed by atoms with Gasteiger partial charge in [0.2, 0.25) is 15.9 Å². The van der Waals surface area contributed by atoms with Gasteiger partial charge in [-0.2, -0.15) is 0 Å². The van der Waals surface area contributed by atoms with Crippen LogP contribution in [0.5, 0.6) is 0 Å². The molecule has 1 amide bonds. The quantitative estimate of drug-likeness (QED) is 0.799. The Morgan fingerprint density at radius 1 is 1.15 bits per heavy atom. The van der Waals surface area contributed by atoms with E-state index >= 15 is 0 Å². The van der Waals surface area contributed by atoms with Gasteiger partial charge in [0.15, 0.2) is 0 Å². The number of anilines is 2. The van der Waals surface area contributed by atoms with Crippen molar-refractivity contribution in [2.75, 3.05) is 22.4 Å². The molecule has 26 heavy (non-hydrogen) atoms. The number of carbonyl (C=O) groups is 1. The smallest absolute Gasteiger partial charge is 0.245 e. The Kier molecular flexibility index (Phi) is 6.31. The molecule has 0 radical (unpaired) electrons. The standard InChI is InChI=1S/C19H23ClN2O3S/c1-13(2)15-6-9-17(10-7-15)21-19(23)12-22(26(4,24)25)18-11-16(20)8-5-14(18)3/h5-11,13H,12H2,1-4H3,(H,21,23). The van der Waals surface area contributed by atoms with Crippen LogP contribution < -0.4 is 9.62 Å². The fourth-order valence-corrected chi connectivity index (χ4v) is 3.59. The first-order valence-electron chi connectivity index (χ1n) is 8.21. The van der Waals surface area contributed by atoms with E-state index in [1.165, 1.54) is 0 Å². The van der Waals surface area contributed by atoms with Gasteiger partial charge in [0.1, 0.15) is 6.54 Å². The van der Waals surface area contributed by atoms with E-state index in [4.69, 9.17) is 11.6 Å². The Bertz CT molecular complexity index is 894. The fraction of sp³-hybridized carbons (Fsp3) is 0.316. The number of halogens is 1. The molecular weight excluding hydrogens is 372 g/mol. The Labute approximate surface area is 160 Å². The molecule has 7 heteroatoms. The molecule has 2 aromatic rings. The fourth-order valence-electron chi connectivity index (χ4n) is 2.51. The first-order valence-corrected chi connectivity index (χ1v) is 10.4. The molecule has 5 nitrogen and oxygen atoms in total. The van der Waals surface area contributed by atoms with Crippen LogP contribution in [0.4, 0.5) is 11.4 Å². The largest absolute Gasteiger partial charge is 0.325 e. The highest BCUT2D eigenvalue weighted by molar-refractivity contribution is 7.92. The third kappa shape index (κ3) is 5.22. The Hall–Kier alpha value is -2.05. The number of hydrogen-bond acceptors (Lipinski definition) is 3. The van der Waals surface area contributed by atoms with E-state index < -0.39 is 15.9 Å². The average molecular weight is 395 g/mol. The van der Waals surface area contributed by atoms with Crippen LogP contribution in [-0.4, -0.2) is 27.1 Å². The summed E-state index contributed by atoms with van der Waals surface area (Å²) in [5.41, 5.74) is 2.89. The van der Waals surface area contributed by atoms with Crippen molar-refractivity contribution in [2.24, 2.45) is 0 Å². The lowest BCUT2D eigenvalue weighted by Crippen LogP contribution is -2.37. The second kappa shape index (κ2) is 8.10. The highest BCUT2D eigenvalue weighted by Gasteiger charge is 2.22. The average Bonchev–Trinajstić information content (AvgIpc) is 2.54. The second-order valence-electron chi connectivity index (χ2n) is 6.53. The normalized spacial score (nSPS) is 11.5. The molecule has 0 aliphatic heterocycles. The van der Waals surface area contributed by atoms with Gasteiger partial charge < -0.3 is 5.32 Å². The summed E-state index contributed by atoms with van der Waals surface area (Å²) in [5.74, 6) is -0.0293. The van der Waals surface area contributed by atoms with E-state index in [1.54, 1.807) is 25.1 Å². The SMILES string of the molecule is Cc1ccc(Cl)cc1N(CC(=O)Nc1ccc(C(C)C)cc1)S(C)(=O)=O. The van der Waals surface area contributed by atoms with E-state index in [1.807, 2.05) is 24.3 Å². The lowest BCUT2D eigenvalue weighted by molar-refractivity contribution is -0.114. The van der Waals surface area contributed by atoms with Gasteiger partial charge in [0, 0.05) is 10.7 Å². The van der Waals surface area contributed by atoms with Crippen molar-refractivity contribution in [1.82, 2.24) is 0 Å². The zero-order chi connectivity index (χ0) is 19.5. The number of nitrogens with zero attached hydrogens (tertiary/aromatic N) is 1. The highest BCUT2D eigenvalue weighted by Crippen LogP contribution is 2.26. The molecule has 0 aliphatic rings. The van der Waals surface area contributed by atoms with E-state index in [-0.39, 0.29) is 6.54 Å². The van der Waals surface area contributed by atoms with E-state index in [0.717, 1.165) is 16.1 Å². The summed E-state index contributed by atoms with van der Waals surface area (Å²) in [6.07, 6.45) is 1.07. The van der Waals surface area contributed by atoms with Crippen molar-refractivity contribution < 1.29 is 13.2 Å². The number of carbonyl (C=O) groups excluding carboxylic acids is 1. The van der Waals surface area contributed by atoms with Crippen molar-refractivity contribution >= 4 is 38.9 Å². The van der Waals surface area contributed by atoms with Gasteiger partial charge in [-0.3, -0.25) is 9.10 Å². The number of amides is 1. The Morgan fingerprint density at radius 2 is 1.77 bits per heavy atom. The summed E-state index contributed by atoms with van der Waals surface area (Å²) in [7, 11) is -3.65. The highest BCUT2D eigenvalue weighted by atomic mass is 35.5. The molecule has 1 N–H and O–H groups in total. The molecule has 2 aromatic carbocycles. The summed E-state index contributed by atoms with van der Waals surface area (Å²) < 4.78 is 25.5. The van der Waals surface area contributed by atoms with Crippen LogP contribution in [0.1, 0.15) is 30.9 Å². The van der Waals surface area contributed by atoms with Gasteiger partial charge in [-0.05, 0) is 48.2 Å². The molecule has 2 rings (SSSR count). The summed E-state index contributed by atoms with van der Waals surface area (Å²) in [6.45, 7) is 5.62. The predicted molar refractivity (Wildman–Crippen MR) is 108 cm³/mol. The molecule has 0 aliphatic carbocycles. The third-order valence-electron chi connectivity index (χ3n) is 3.99. The number of nitrogens with one attached hydrogen (secondary N) is 1. The van der Waals surface area contributed by atoms with Crippen LogP contribution in [0, 0.1) is 6.92 Å². The molecule has 0 spiro atoms. The molecule has 0 aromatic heterocycles. The molecule has 0 atom stereocenters. The number of hydrogen-bond donors (Lipinski definition) is 1. The molecule has 0 bridgehead atoms. The molecule has 0 heterocycles. The minimum Gasteiger partial charge on any atom is -0.325 e. The maximum atomic E-state index is 12.4. The van der Waals surface area contributed by atoms with Gasteiger partial charge in [-0.15, -0.1) is 0 Å². The van der Waals surface area contributed by atoms with Gasteiger partial charge in [-0.1, -0.05) is 43.6 Å². The maximum Gasteiger partial charge on any atom is 0.245 e. The molecule has 140 valence electrons. The molecule has 0 fully saturated rings. The second-order valence-corrected chi connectivity index (χ2v) is 8.87. The Morgan fingerprint density at radius 3 is 2.31 bits per heavy atom. The molecule has 0 unspecified atom stereocenters. The van der Waals surface area contributed by atoms with Crippen LogP contribution in [0.25, 0.3) is 0 Å². The van der Waals surface area contributed by atoms with Gasteiger partial charge in [0.05, 0.1) is 11.9 Å². The van der Waals surface area contributed by atoms with Crippen molar-refractivity contribution in [3.63, 3.8) is 0 Å². The summed E-state index contributed by atoms with van der Waals surface area (Å²) in [5, 5.41) is 3.14. The summed E-state index contributed by atoms with van der Waals surface area (Å²) in [4.78, 5) is 12.4. The zero-order valence-electron chi connectivity index (χ0n) is 15.3.